The van der Waals surface area contributed by atoms with Crippen molar-refractivity contribution in [2.75, 3.05) is 6.61 Å². The molecule has 5 heteroatoms. The molecule has 0 aromatic heterocycles. The molecule has 2 rings (SSSR count). The van der Waals surface area contributed by atoms with Crippen LogP contribution in [-0.4, -0.2) is 52.6 Å². The molecule has 0 unspecified atom stereocenters. The second kappa shape index (κ2) is 6.11. The summed E-state index contributed by atoms with van der Waals surface area (Å²) in [5, 5.41) is 28.3. The van der Waals surface area contributed by atoms with E-state index in [-0.39, 0.29) is 19.1 Å². The van der Waals surface area contributed by atoms with E-state index in [9.17, 15) is 10.2 Å². The molecule has 0 radical (unpaired) electrons. The fourth-order valence-electron chi connectivity index (χ4n) is 2.57. The summed E-state index contributed by atoms with van der Waals surface area (Å²) < 4.78 is 11.2. The van der Waals surface area contributed by atoms with Crippen LogP contribution in [0, 0.1) is 0 Å². The molecular formula is C12H22O5. The van der Waals surface area contributed by atoms with Gasteiger partial charge in [0.15, 0.2) is 6.29 Å². The number of rotatable bonds is 3. The Morgan fingerprint density at radius 3 is 2.47 bits per heavy atom. The maximum Gasteiger partial charge on any atom is 0.161 e. The molecule has 0 amide bonds. The molecule has 1 saturated carbocycles. The fraction of sp³-hybridized carbons (Fsp3) is 1.00. The second-order valence-electron chi connectivity index (χ2n) is 4.98. The smallest absolute Gasteiger partial charge is 0.161 e. The highest BCUT2D eigenvalue weighted by Crippen LogP contribution is 2.26. The van der Waals surface area contributed by atoms with Crippen LogP contribution in [0.1, 0.15) is 38.5 Å². The first-order valence-corrected chi connectivity index (χ1v) is 6.48. The van der Waals surface area contributed by atoms with Crippen LogP contribution in [0.5, 0.6) is 0 Å². The third-order valence-corrected chi connectivity index (χ3v) is 3.61. The molecule has 100 valence electrons. The van der Waals surface area contributed by atoms with Gasteiger partial charge in [0, 0.05) is 6.42 Å². The minimum atomic E-state index is -1.02. The van der Waals surface area contributed by atoms with E-state index in [0.717, 1.165) is 12.8 Å². The fourth-order valence-corrected chi connectivity index (χ4v) is 2.57. The average molecular weight is 246 g/mol. The number of ether oxygens (including phenoxy) is 2. The third kappa shape index (κ3) is 3.39. The topological polar surface area (TPSA) is 79.2 Å². The Bertz CT molecular complexity index is 229. The quantitative estimate of drug-likeness (QED) is 0.661. The molecule has 1 saturated heterocycles. The summed E-state index contributed by atoms with van der Waals surface area (Å²) in [6.07, 6.45) is 2.97. The van der Waals surface area contributed by atoms with E-state index in [2.05, 4.69) is 0 Å². The maximum atomic E-state index is 9.66. The molecule has 3 N–H and O–H groups in total. The van der Waals surface area contributed by atoms with Gasteiger partial charge in [-0.25, -0.2) is 0 Å². The van der Waals surface area contributed by atoms with Gasteiger partial charge in [-0.3, -0.25) is 0 Å². The van der Waals surface area contributed by atoms with Gasteiger partial charge in [0.05, 0.1) is 18.8 Å². The Hall–Kier alpha value is -0.200. The van der Waals surface area contributed by atoms with Gasteiger partial charge >= 0.3 is 0 Å². The van der Waals surface area contributed by atoms with Crippen molar-refractivity contribution in [1.82, 2.24) is 0 Å². The Kier molecular flexibility index (Phi) is 4.76. The summed E-state index contributed by atoms with van der Waals surface area (Å²) in [6, 6.07) is 0. The lowest BCUT2D eigenvalue weighted by Crippen LogP contribution is -2.51. The lowest BCUT2D eigenvalue weighted by Gasteiger charge is -2.38. The minimum absolute atomic E-state index is 0.190. The zero-order valence-corrected chi connectivity index (χ0v) is 9.99. The number of hydrogen-bond acceptors (Lipinski definition) is 5. The lowest BCUT2D eigenvalue weighted by atomic mass is 9.97. The minimum Gasteiger partial charge on any atom is -0.394 e. The number of aliphatic hydroxyl groups excluding tert-OH is 3. The van der Waals surface area contributed by atoms with Gasteiger partial charge in [0.1, 0.15) is 12.2 Å². The first-order valence-electron chi connectivity index (χ1n) is 6.48. The van der Waals surface area contributed by atoms with E-state index in [1.807, 2.05) is 0 Å². The van der Waals surface area contributed by atoms with Crippen LogP contribution in [0.4, 0.5) is 0 Å². The van der Waals surface area contributed by atoms with Crippen molar-refractivity contribution in [2.24, 2.45) is 0 Å². The normalized spacial score (nSPS) is 40.4. The number of aliphatic hydroxyl groups is 3. The van der Waals surface area contributed by atoms with Crippen LogP contribution >= 0.6 is 0 Å². The van der Waals surface area contributed by atoms with E-state index < -0.39 is 24.6 Å². The summed E-state index contributed by atoms with van der Waals surface area (Å²) in [5.41, 5.74) is 0. The van der Waals surface area contributed by atoms with Crippen LogP contribution in [-0.2, 0) is 9.47 Å². The first-order chi connectivity index (χ1) is 8.20. The van der Waals surface area contributed by atoms with Gasteiger partial charge < -0.3 is 24.8 Å². The molecule has 17 heavy (non-hydrogen) atoms. The molecule has 4 atom stereocenters. The standard InChI is InChI=1S/C12H22O5/c13-7-10-12(15)9(14)6-11(17-10)16-8-4-2-1-3-5-8/h8-15H,1-7H2/t9-,10+,11-,12-/m0/s1. The van der Waals surface area contributed by atoms with Crippen LogP contribution in [0.15, 0.2) is 0 Å². The molecule has 2 aliphatic rings. The van der Waals surface area contributed by atoms with Crippen molar-refractivity contribution in [3.63, 3.8) is 0 Å². The first kappa shape index (κ1) is 13.2. The molecule has 1 heterocycles. The summed E-state index contributed by atoms with van der Waals surface area (Å²) in [7, 11) is 0. The highest BCUT2D eigenvalue weighted by atomic mass is 16.7. The summed E-state index contributed by atoms with van der Waals surface area (Å²) in [6.45, 7) is -0.303. The molecule has 2 fully saturated rings. The van der Waals surface area contributed by atoms with Crippen molar-refractivity contribution in [3.8, 4) is 0 Å². The molecule has 0 aromatic carbocycles. The molecule has 0 bridgehead atoms. The van der Waals surface area contributed by atoms with Gasteiger partial charge in [-0.05, 0) is 12.8 Å². The van der Waals surface area contributed by atoms with Crippen molar-refractivity contribution >= 4 is 0 Å². The van der Waals surface area contributed by atoms with Crippen LogP contribution in [0.25, 0.3) is 0 Å². The molecule has 5 nitrogen and oxygen atoms in total. The highest BCUT2D eigenvalue weighted by Gasteiger charge is 2.37. The van der Waals surface area contributed by atoms with Gasteiger partial charge in [0.2, 0.25) is 0 Å². The van der Waals surface area contributed by atoms with Gasteiger partial charge in [-0.15, -0.1) is 0 Å². The third-order valence-electron chi connectivity index (χ3n) is 3.61. The molecule has 0 spiro atoms. The van der Waals surface area contributed by atoms with Crippen molar-refractivity contribution in [2.45, 2.75) is 69.2 Å². The van der Waals surface area contributed by atoms with E-state index in [1.165, 1.54) is 19.3 Å². The molecular weight excluding hydrogens is 224 g/mol. The largest absolute Gasteiger partial charge is 0.394 e. The van der Waals surface area contributed by atoms with Crippen LogP contribution < -0.4 is 0 Å². The number of hydrogen-bond donors (Lipinski definition) is 3. The average Bonchev–Trinajstić information content (AvgIpc) is 2.35. The zero-order valence-electron chi connectivity index (χ0n) is 9.99. The molecule has 1 aliphatic carbocycles. The van der Waals surface area contributed by atoms with E-state index in [4.69, 9.17) is 14.6 Å². The Morgan fingerprint density at radius 2 is 1.82 bits per heavy atom. The van der Waals surface area contributed by atoms with Crippen molar-refractivity contribution in [1.29, 1.82) is 0 Å². The van der Waals surface area contributed by atoms with Crippen molar-refractivity contribution in [3.05, 3.63) is 0 Å². The SMILES string of the molecule is OC[C@H]1O[C@H](OC2CCCCC2)C[C@H](O)[C@@H]1O. The second-order valence-corrected chi connectivity index (χ2v) is 4.98. The predicted octanol–water partition coefficient (Wildman–Crippen LogP) is 0.165. The zero-order chi connectivity index (χ0) is 12.3. The van der Waals surface area contributed by atoms with Crippen LogP contribution in [0.3, 0.4) is 0 Å². The lowest BCUT2D eigenvalue weighted by molar-refractivity contribution is -0.271. The Morgan fingerprint density at radius 1 is 1.12 bits per heavy atom. The summed E-state index contributed by atoms with van der Waals surface area (Å²) in [4.78, 5) is 0. The van der Waals surface area contributed by atoms with E-state index in [0.29, 0.717) is 0 Å². The molecule has 1 aliphatic heterocycles. The van der Waals surface area contributed by atoms with Crippen molar-refractivity contribution < 1.29 is 24.8 Å². The van der Waals surface area contributed by atoms with Gasteiger partial charge in [0.25, 0.3) is 0 Å². The van der Waals surface area contributed by atoms with Gasteiger partial charge in [-0.2, -0.15) is 0 Å². The summed E-state index contributed by atoms with van der Waals surface area (Å²) >= 11 is 0. The highest BCUT2D eigenvalue weighted by molar-refractivity contribution is 4.83. The Balaban J connectivity index is 1.84. The van der Waals surface area contributed by atoms with Gasteiger partial charge in [-0.1, -0.05) is 19.3 Å². The monoisotopic (exact) mass is 246 g/mol. The molecule has 0 aromatic rings. The summed E-state index contributed by atoms with van der Waals surface area (Å²) in [5.74, 6) is 0. The predicted molar refractivity (Wildman–Crippen MR) is 60.3 cm³/mol. The van der Waals surface area contributed by atoms with Crippen LogP contribution in [0.2, 0.25) is 0 Å². The van der Waals surface area contributed by atoms with E-state index >= 15 is 0 Å². The van der Waals surface area contributed by atoms with E-state index in [1.54, 1.807) is 0 Å². The Labute approximate surface area is 101 Å². The maximum absolute atomic E-state index is 9.66.